The Morgan fingerprint density at radius 2 is 1.62 bits per heavy atom. The Labute approximate surface area is 82.7 Å². The SMILES string of the molecule is CCCCN(C)CC=O.CN(C)C. The van der Waals surface area contributed by atoms with Gasteiger partial charge in [-0.25, -0.2) is 0 Å². The lowest BCUT2D eigenvalue weighted by Gasteiger charge is -2.10. The summed E-state index contributed by atoms with van der Waals surface area (Å²) in [5, 5.41) is 0. The minimum Gasteiger partial charge on any atom is -0.312 e. The summed E-state index contributed by atoms with van der Waals surface area (Å²) in [7, 11) is 7.96. The van der Waals surface area contributed by atoms with Crippen LogP contribution < -0.4 is 0 Å². The maximum absolute atomic E-state index is 9.94. The van der Waals surface area contributed by atoms with Crippen molar-refractivity contribution in [1.29, 1.82) is 0 Å². The van der Waals surface area contributed by atoms with Crippen molar-refractivity contribution in [3.63, 3.8) is 0 Å². The average Bonchev–Trinajstić information content (AvgIpc) is 2.00. The molecular weight excluding hydrogens is 164 g/mol. The molecule has 0 aromatic carbocycles. The molecule has 0 aliphatic rings. The molecule has 0 aliphatic carbocycles. The predicted octanol–water partition coefficient (Wildman–Crippen LogP) is 1.09. The number of unbranched alkanes of at least 4 members (excludes halogenated alkanes) is 1. The van der Waals surface area contributed by atoms with Crippen LogP contribution in [0, 0.1) is 0 Å². The smallest absolute Gasteiger partial charge is 0.133 e. The molecule has 13 heavy (non-hydrogen) atoms. The van der Waals surface area contributed by atoms with Crippen molar-refractivity contribution in [1.82, 2.24) is 9.80 Å². The first-order valence-corrected chi connectivity index (χ1v) is 4.77. The van der Waals surface area contributed by atoms with Crippen LogP contribution in [-0.4, -0.2) is 57.4 Å². The fraction of sp³-hybridized carbons (Fsp3) is 0.900. The summed E-state index contributed by atoms with van der Waals surface area (Å²) in [6.07, 6.45) is 3.32. The van der Waals surface area contributed by atoms with E-state index in [2.05, 4.69) is 6.92 Å². The van der Waals surface area contributed by atoms with Gasteiger partial charge >= 0.3 is 0 Å². The monoisotopic (exact) mass is 188 g/mol. The summed E-state index contributed by atoms with van der Waals surface area (Å²) in [5.41, 5.74) is 0. The molecule has 0 N–H and O–H groups in total. The minimum atomic E-state index is 0.569. The van der Waals surface area contributed by atoms with E-state index in [1.165, 1.54) is 12.8 Å². The lowest BCUT2D eigenvalue weighted by Crippen LogP contribution is -2.21. The van der Waals surface area contributed by atoms with Crippen LogP contribution in [0.5, 0.6) is 0 Å². The molecule has 0 amide bonds. The molecule has 0 spiro atoms. The number of hydrogen-bond donors (Lipinski definition) is 0. The molecular formula is C10H24N2O. The van der Waals surface area contributed by atoms with Crippen LogP contribution in [0.4, 0.5) is 0 Å². The number of aldehydes is 1. The Hall–Kier alpha value is -0.410. The molecule has 0 rings (SSSR count). The van der Waals surface area contributed by atoms with Crippen molar-refractivity contribution in [3.05, 3.63) is 0 Å². The Kier molecular flexibility index (Phi) is 13.4. The third-order valence-corrected chi connectivity index (χ3v) is 1.28. The fourth-order valence-corrected chi connectivity index (χ4v) is 0.647. The van der Waals surface area contributed by atoms with Gasteiger partial charge in [0.15, 0.2) is 0 Å². The van der Waals surface area contributed by atoms with Crippen LogP contribution in [0.15, 0.2) is 0 Å². The molecule has 0 aliphatic heterocycles. The predicted molar refractivity (Wildman–Crippen MR) is 58.1 cm³/mol. The maximum Gasteiger partial charge on any atom is 0.133 e. The van der Waals surface area contributed by atoms with Crippen molar-refractivity contribution in [2.75, 3.05) is 41.3 Å². The van der Waals surface area contributed by atoms with Gasteiger partial charge in [-0.3, -0.25) is 4.90 Å². The Balaban J connectivity index is 0. The van der Waals surface area contributed by atoms with Gasteiger partial charge in [0.25, 0.3) is 0 Å². The van der Waals surface area contributed by atoms with E-state index in [9.17, 15) is 4.79 Å². The lowest BCUT2D eigenvalue weighted by atomic mass is 10.3. The van der Waals surface area contributed by atoms with E-state index in [4.69, 9.17) is 0 Å². The van der Waals surface area contributed by atoms with Crippen molar-refractivity contribution in [2.24, 2.45) is 0 Å². The number of hydrogen-bond acceptors (Lipinski definition) is 3. The topological polar surface area (TPSA) is 23.6 Å². The highest BCUT2D eigenvalue weighted by Gasteiger charge is 1.92. The molecule has 80 valence electrons. The standard InChI is InChI=1S/C7H15NO.C3H9N/c1-3-4-5-8(2)6-7-9;1-4(2)3/h7H,3-6H2,1-2H3;1-3H3. The number of nitrogens with zero attached hydrogens (tertiary/aromatic N) is 2. The Morgan fingerprint density at radius 1 is 1.15 bits per heavy atom. The van der Waals surface area contributed by atoms with Gasteiger partial charge in [-0.05, 0) is 41.2 Å². The van der Waals surface area contributed by atoms with Crippen molar-refractivity contribution < 1.29 is 4.79 Å². The zero-order chi connectivity index (χ0) is 10.7. The third-order valence-electron chi connectivity index (χ3n) is 1.28. The zero-order valence-electron chi connectivity index (χ0n) is 9.71. The van der Waals surface area contributed by atoms with Gasteiger partial charge in [-0.1, -0.05) is 13.3 Å². The number of likely N-dealkylation sites (N-methyl/N-ethyl adjacent to an activating group) is 1. The highest BCUT2D eigenvalue weighted by Crippen LogP contribution is 1.88. The molecule has 3 nitrogen and oxygen atoms in total. The molecule has 0 saturated heterocycles. The summed E-state index contributed by atoms with van der Waals surface area (Å²) in [4.78, 5) is 14.0. The third kappa shape index (κ3) is 24.5. The second-order valence-corrected chi connectivity index (χ2v) is 3.62. The van der Waals surface area contributed by atoms with Gasteiger partial charge in [-0.2, -0.15) is 0 Å². The molecule has 0 bridgehead atoms. The van der Waals surface area contributed by atoms with E-state index in [1.54, 1.807) is 0 Å². The summed E-state index contributed by atoms with van der Waals surface area (Å²) in [6, 6.07) is 0. The normalized spacial score (nSPS) is 9.77. The summed E-state index contributed by atoms with van der Waals surface area (Å²) >= 11 is 0. The van der Waals surface area contributed by atoms with Crippen LogP contribution in [0.25, 0.3) is 0 Å². The minimum absolute atomic E-state index is 0.569. The Bertz CT molecular complexity index is 102. The van der Waals surface area contributed by atoms with Crippen molar-refractivity contribution >= 4 is 6.29 Å². The van der Waals surface area contributed by atoms with Gasteiger partial charge < -0.3 is 9.69 Å². The molecule has 0 heterocycles. The summed E-state index contributed by atoms with van der Waals surface area (Å²) in [6.45, 7) is 3.75. The summed E-state index contributed by atoms with van der Waals surface area (Å²) in [5.74, 6) is 0. The van der Waals surface area contributed by atoms with Gasteiger partial charge in [0, 0.05) is 0 Å². The van der Waals surface area contributed by atoms with Crippen LogP contribution in [0.1, 0.15) is 19.8 Å². The van der Waals surface area contributed by atoms with E-state index in [-0.39, 0.29) is 0 Å². The number of rotatable bonds is 5. The van der Waals surface area contributed by atoms with Crippen LogP contribution >= 0.6 is 0 Å². The van der Waals surface area contributed by atoms with E-state index in [0.717, 1.165) is 12.8 Å². The maximum atomic E-state index is 9.94. The molecule has 3 heteroatoms. The van der Waals surface area contributed by atoms with Gasteiger partial charge in [0.05, 0.1) is 6.54 Å². The van der Waals surface area contributed by atoms with Crippen molar-refractivity contribution in [3.8, 4) is 0 Å². The van der Waals surface area contributed by atoms with E-state index in [0.29, 0.717) is 6.54 Å². The zero-order valence-corrected chi connectivity index (χ0v) is 9.71. The van der Waals surface area contributed by atoms with E-state index < -0.39 is 0 Å². The highest BCUT2D eigenvalue weighted by molar-refractivity contribution is 5.51. The van der Waals surface area contributed by atoms with Gasteiger partial charge in [0.1, 0.15) is 6.29 Å². The van der Waals surface area contributed by atoms with Crippen LogP contribution in [0.3, 0.4) is 0 Å². The molecule has 0 fully saturated rings. The first-order valence-electron chi connectivity index (χ1n) is 4.77. The molecule has 0 atom stereocenters. The van der Waals surface area contributed by atoms with Crippen LogP contribution in [-0.2, 0) is 4.79 Å². The van der Waals surface area contributed by atoms with Gasteiger partial charge in [0.2, 0.25) is 0 Å². The molecule has 0 aromatic heterocycles. The quantitative estimate of drug-likeness (QED) is 0.604. The van der Waals surface area contributed by atoms with Crippen molar-refractivity contribution in [2.45, 2.75) is 19.8 Å². The first-order chi connectivity index (χ1) is 6.04. The number of carbonyl (C=O) groups excluding carboxylic acids is 1. The van der Waals surface area contributed by atoms with E-state index in [1.807, 2.05) is 38.0 Å². The van der Waals surface area contributed by atoms with E-state index >= 15 is 0 Å². The molecule has 0 unspecified atom stereocenters. The second kappa shape index (κ2) is 11.6. The first kappa shape index (κ1) is 15.1. The second-order valence-electron chi connectivity index (χ2n) is 3.62. The largest absolute Gasteiger partial charge is 0.312 e. The highest BCUT2D eigenvalue weighted by atomic mass is 16.1. The van der Waals surface area contributed by atoms with Gasteiger partial charge in [-0.15, -0.1) is 0 Å². The average molecular weight is 188 g/mol. The number of carbonyl (C=O) groups is 1. The van der Waals surface area contributed by atoms with Crippen LogP contribution in [0.2, 0.25) is 0 Å². The molecule has 0 radical (unpaired) electrons. The lowest BCUT2D eigenvalue weighted by molar-refractivity contribution is -0.108. The molecule has 0 aromatic rings. The molecule has 0 saturated carbocycles. The Morgan fingerprint density at radius 3 is 1.92 bits per heavy atom. The summed E-state index contributed by atoms with van der Waals surface area (Å²) < 4.78 is 0. The fourth-order valence-electron chi connectivity index (χ4n) is 0.647.